The summed E-state index contributed by atoms with van der Waals surface area (Å²) in [5.41, 5.74) is -0.189. The molecule has 1 aliphatic heterocycles. The van der Waals surface area contributed by atoms with E-state index in [0.717, 1.165) is 12.3 Å². The number of carbonyl (C=O) groups excluding carboxylic acids is 2. The highest BCUT2D eigenvalue weighted by Gasteiger charge is 2.38. The van der Waals surface area contributed by atoms with E-state index in [9.17, 15) is 27.6 Å². The summed E-state index contributed by atoms with van der Waals surface area (Å²) in [6.45, 7) is -1.59. The lowest BCUT2D eigenvalue weighted by atomic mass is 10.2. The van der Waals surface area contributed by atoms with Crippen LogP contribution < -0.4 is 5.32 Å². The number of hydrogen-bond acceptors (Lipinski definition) is 4. The number of halogens is 3. The molecule has 7 nitrogen and oxygen atoms in total. The molecule has 23 heavy (non-hydrogen) atoms. The van der Waals surface area contributed by atoms with Gasteiger partial charge in [-0.3, -0.25) is 9.59 Å². The standard InChI is InChI=1S/C13H12F3N3O4/c14-13(15,16)6-19-5-8(3-10(19)20)18-11(21)7-1-2-9(12(22)23)17-4-7/h1-2,4,8H,3,5-6H2,(H,18,21)(H,22,23)/t8-/m0/s1. The number of pyridine rings is 1. The Morgan fingerprint density at radius 2 is 2.09 bits per heavy atom. The Morgan fingerprint density at radius 1 is 1.39 bits per heavy atom. The first-order valence-corrected chi connectivity index (χ1v) is 6.50. The molecule has 0 radical (unpaired) electrons. The Bertz CT molecular complexity index is 630. The zero-order valence-corrected chi connectivity index (χ0v) is 11.6. The Balaban J connectivity index is 1.96. The molecule has 2 heterocycles. The van der Waals surface area contributed by atoms with Crippen LogP contribution in [0.25, 0.3) is 0 Å². The molecule has 1 aromatic heterocycles. The predicted octanol–water partition coefficient (Wildman–Crippen LogP) is 0.673. The Kier molecular flexibility index (Phi) is 4.52. The molecule has 0 unspecified atom stereocenters. The third kappa shape index (κ3) is 4.41. The lowest BCUT2D eigenvalue weighted by Gasteiger charge is -2.18. The van der Waals surface area contributed by atoms with E-state index in [1.54, 1.807) is 0 Å². The second-order valence-electron chi connectivity index (χ2n) is 5.00. The van der Waals surface area contributed by atoms with Crippen molar-refractivity contribution in [2.75, 3.05) is 13.1 Å². The van der Waals surface area contributed by atoms with Crippen LogP contribution in [0.3, 0.4) is 0 Å². The van der Waals surface area contributed by atoms with Crippen molar-refractivity contribution in [1.82, 2.24) is 15.2 Å². The fourth-order valence-electron chi connectivity index (χ4n) is 2.16. The van der Waals surface area contributed by atoms with Gasteiger partial charge in [-0.2, -0.15) is 13.2 Å². The van der Waals surface area contributed by atoms with Crippen molar-refractivity contribution in [2.45, 2.75) is 18.6 Å². The molecule has 0 bridgehead atoms. The highest BCUT2D eigenvalue weighted by atomic mass is 19.4. The van der Waals surface area contributed by atoms with Gasteiger partial charge in [-0.15, -0.1) is 0 Å². The quantitative estimate of drug-likeness (QED) is 0.845. The van der Waals surface area contributed by atoms with Crippen LogP contribution in [0.2, 0.25) is 0 Å². The van der Waals surface area contributed by atoms with Gasteiger partial charge in [0.05, 0.1) is 11.6 Å². The first-order chi connectivity index (χ1) is 10.7. The molecular weight excluding hydrogens is 319 g/mol. The van der Waals surface area contributed by atoms with Crippen molar-refractivity contribution in [3.05, 3.63) is 29.6 Å². The first-order valence-electron chi connectivity index (χ1n) is 6.50. The Labute approximate surface area is 128 Å². The molecule has 0 spiro atoms. The number of carboxylic acid groups (broad SMARTS) is 1. The van der Waals surface area contributed by atoms with Gasteiger partial charge in [-0.1, -0.05) is 0 Å². The Hall–Kier alpha value is -2.65. The Morgan fingerprint density at radius 3 is 2.61 bits per heavy atom. The molecule has 1 aromatic rings. The van der Waals surface area contributed by atoms with E-state index in [4.69, 9.17) is 5.11 Å². The minimum atomic E-state index is -4.49. The number of likely N-dealkylation sites (tertiary alicyclic amines) is 1. The largest absolute Gasteiger partial charge is 0.477 e. The third-order valence-electron chi connectivity index (χ3n) is 3.16. The fourth-order valence-corrected chi connectivity index (χ4v) is 2.16. The van der Waals surface area contributed by atoms with Gasteiger partial charge in [-0.25, -0.2) is 9.78 Å². The van der Waals surface area contributed by atoms with E-state index in [0.29, 0.717) is 4.90 Å². The van der Waals surface area contributed by atoms with Crippen LogP contribution in [0.4, 0.5) is 13.2 Å². The van der Waals surface area contributed by atoms with E-state index in [-0.39, 0.29) is 24.2 Å². The third-order valence-corrected chi connectivity index (χ3v) is 3.16. The predicted molar refractivity (Wildman–Crippen MR) is 69.7 cm³/mol. The number of carboxylic acids is 1. The lowest BCUT2D eigenvalue weighted by Crippen LogP contribution is -2.39. The topological polar surface area (TPSA) is 99.6 Å². The summed E-state index contributed by atoms with van der Waals surface area (Å²) in [7, 11) is 0. The average Bonchev–Trinajstić information content (AvgIpc) is 2.76. The van der Waals surface area contributed by atoms with Crippen LogP contribution >= 0.6 is 0 Å². The molecule has 2 N–H and O–H groups in total. The van der Waals surface area contributed by atoms with Gasteiger partial charge in [0, 0.05) is 19.2 Å². The zero-order chi connectivity index (χ0) is 17.2. The van der Waals surface area contributed by atoms with Gasteiger partial charge in [0.25, 0.3) is 5.91 Å². The molecule has 2 amide bonds. The maximum Gasteiger partial charge on any atom is 0.406 e. The molecule has 1 atom stereocenters. The number of aromatic nitrogens is 1. The summed E-state index contributed by atoms with van der Waals surface area (Å²) < 4.78 is 36.9. The summed E-state index contributed by atoms with van der Waals surface area (Å²) >= 11 is 0. The molecule has 1 saturated heterocycles. The summed E-state index contributed by atoms with van der Waals surface area (Å²) in [6, 6.07) is 1.62. The number of rotatable bonds is 4. The van der Waals surface area contributed by atoms with Gasteiger partial charge in [-0.05, 0) is 12.1 Å². The van der Waals surface area contributed by atoms with E-state index >= 15 is 0 Å². The first kappa shape index (κ1) is 16.7. The normalized spacial score (nSPS) is 18.1. The maximum absolute atomic E-state index is 12.3. The number of aromatic carboxylic acids is 1. The van der Waals surface area contributed by atoms with Gasteiger partial charge in [0.15, 0.2) is 0 Å². The molecule has 2 rings (SSSR count). The zero-order valence-electron chi connectivity index (χ0n) is 11.6. The van der Waals surface area contributed by atoms with Gasteiger partial charge >= 0.3 is 12.1 Å². The maximum atomic E-state index is 12.3. The van der Waals surface area contributed by atoms with Crippen molar-refractivity contribution < 1.29 is 32.7 Å². The summed E-state index contributed by atoms with van der Waals surface area (Å²) in [6.07, 6.45) is -3.67. The van der Waals surface area contributed by atoms with Crippen LogP contribution in [0, 0.1) is 0 Å². The molecule has 0 aromatic carbocycles. The summed E-state index contributed by atoms with van der Waals surface area (Å²) in [4.78, 5) is 38.3. The minimum absolute atomic E-state index is 0.0525. The second kappa shape index (κ2) is 6.23. The monoisotopic (exact) mass is 331 g/mol. The fraction of sp³-hybridized carbons (Fsp3) is 0.385. The number of hydrogen-bond donors (Lipinski definition) is 2. The molecule has 1 fully saturated rings. The number of nitrogens with zero attached hydrogens (tertiary/aromatic N) is 2. The smallest absolute Gasteiger partial charge is 0.406 e. The molecule has 10 heteroatoms. The SMILES string of the molecule is O=C(N[C@H]1CC(=O)N(CC(F)(F)F)C1)c1ccc(C(=O)O)nc1. The average molecular weight is 331 g/mol. The summed E-state index contributed by atoms with van der Waals surface area (Å²) in [5.74, 6) is -2.57. The van der Waals surface area contributed by atoms with Crippen molar-refractivity contribution >= 4 is 17.8 Å². The van der Waals surface area contributed by atoms with Crippen LogP contribution in [-0.2, 0) is 4.79 Å². The molecule has 1 aliphatic rings. The highest BCUT2D eigenvalue weighted by Crippen LogP contribution is 2.21. The van der Waals surface area contributed by atoms with E-state index in [1.807, 2.05) is 0 Å². The van der Waals surface area contributed by atoms with Crippen LogP contribution in [-0.4, -0.2) is 58.1 Å². The van der Waals surface area contributed by atoms with Crippen molar-refractivity contribution in [2.24, 2.45) is 0 Å². The van der Waals surface area contributed by atoms with Gasteiger partial charge in [0.2, 0.25) is 5.91 Å². The van der Waals surface area contributed by atoms with Crippen molar-refractivity contribution in [3.8, 4) is 0 Å². The van der Waals surface area contributed by atoms with Crippen LogP contribution in [0.5, 0.6) is 0 Å². The molecule has 0 aliphatic carbocycles. The number of nitrogens with one attached hydrogen (secondary N) is 1. The molecule has 0 saturated carbocycles. The lowest BCUT2D eigenvalue weighted by molar-refractivity contribution is -0.157. The summed E-state index contributed by atoms with van der Waals surface area (Å²) in [5, 5.41) is 11.1. The minimum Gasteiger partial charge on any atom is -0.477 e. The van der Waals surface area contributed by atoms with E-state index in [1.165, 1.54) is 6.07 Å². The van der Waals surface area contributed by atoms with E-state index in [2.05, 4.69) is 10.3 Å². The van der Waals surface area contributed by atoms with Gasteiger partial charge < -0.3 is 15.3 Å². The highest BCUT2D eigenvalue weighted by molar-refractivity contribution is 5.95. The number of alkyl halides is 3. The number of amides is 2. The van der Waals surface area contributed by atoms with Crippen molar-refractivity contribution in [3.63, 3.8) is 0 Å². The van der Waals surface area contributed by atoms with Crippen LogP contribution in [0.1, 0.15) is 27.3 Å². The van der Waals surface area contributed by atoms with Crippen LogP contribution in [0.15, 0.2) is 18.3 Å². The van der Waals surface area contributed by atoms with Crippen molar-refractivity contribution in [1.29, 1.82) is 0 Å². The van der Waals surface area contributed by atoms with E-state index < -0.39 is 36.5 Å². The molecular formula is C13H12F3N3O4. The second-order valence-corrected chi connectivity index (χ2v) is 5.00. The number of carbonyl (C=O) groups is 3. The van der Waals surface area contributed by atoms with Gasteiger partial charge in [0.1, 0.15) is 12.2 Å². The molecule has 124 valence electrons.